The fraction of sp³-hybridized carbons (Fsp3) is 0.222. The van der Waals surface area contributed by atoms with E-state index in [1.807, 2.05) is 64.9 Å². The van der Waals surface area contributed by atoms with Crippen LogP contribution in [-0.2, 0) is 24.2 Å². The number of fused-ring (bicyclic) bond motifs is 1. The molecular formula is C27H25ClN4OS. The van der Waals surface area contributed by atoms with Crippen molar-refractivity contribution in [3.05, 3.63) is 106 Å². The van der Waals surface area contributed by atoms with Crippen molar-refractivity contribution in [3.63, 3.8) is 0 Å². The fourth-order valence-electron chi connectivity index (χ4n) is 4.27. The molecule has 0 radical (unpaired) electrons. The molecule has 1 aliphatic heterocycles. The second-order valence-electron chi connectivity index (χ2n) is 8.41. The molecule has 1 aromatic heterocycles. The Morgan fingerprint density at radius 1 is 0.971 bits per heavy atom. The maximum absolute atomic E-state index is 13.3. The molecule has 172 valence electrons. The van der Waals surface area contributed by atoms with Crippen LogP contribution in [0.5, 0.6) is 0 Å². The van der Waals surface area contributed by atoms with Gasteiger partial charge in [0, 0.05) is 30.2 Å². The van der Waals surface area contributed by atoms with Gasteiger partial charge >= 0.3 is 0 Å². The maximum Gasteiger partial charge on any atom is 0.236 e. The quantitative estimate of drug-likeness (QED) is 0.332. The van der Waals surface area contributed by atoms with E-state index in [0.29, 0.717) is 23.1 Å². The Morgan fingerprint density at radius 3 is 2.44 bits per heavy atom. The summed E-state index contributed by atoms with van der Waals surface area (Å²) in [6.07, 6.45) is 1.53. The molecule has 0 bridgehead atoms. The van der Waals surface area contributed by atoms with E-state index in [0.717, 1.165) is 30.0 Å². The van der Waals surface area contributed by atoms with Crippen LogP contribution < -0.4 is 0 Å². The summed E-state index contributed by atoms with van der Waals surface area (Å²) in [6.45, 7) is 3.35. The topological polar surface area (TPSA) is 51.0 Å². The van der Waals surface area contributed by atoms with Crippen LogP contribution in [0, 0.1) is 0 Å². The first kappa shape index (κ1) is 22.7. The van der Waals surface area contributed by atoms with E-state index in [4.69, 9.17) is 11.6 Å². The first-order valence-electron chi connectivity index (χ1n) is 11.3. The third-order valence-electron chi connectivity index (χ3n) is 6.06. The van der Waals surface area contributed by atoms with Crippen molar-refractivity contribution >= 4 is 29.3 Å². The zero-order valence-corrected chi connectivity index (χ0v) is 20.5. The summed E-state index contributed by atoms with van der Waals surface area (Å²) in [6, 6.07) is 26.2. The number of aromatic nitrogens is 3. The predicted octanol–water partition coefficient (Wildman–Crippen LogP) is 5.58. The largest absolute Gasteiger partial charge is 0.337 e. The van der Waals surface area contributed by atoms with Gasteiger partial charge in [-0.15, -0.1) is 10.2 Å². The highest BCUT2D eigenvalue weighted by Gasteiger charge is 2.27. The summed E-state index contributed by atoms with van der Waals surface area (Å²) in [5.74, 6) is 0.942. The van der Waals surface area contributed by atoms with Crippen LogP contribution in [0.4, 0.5) is 0 Å². The predicted molar refractivity (Wildman–Crippen MR) is 136 cm³/mol. The third kappa shape index (κ3) is 4.88. The van der Waals surface area contributed by atoms with Crippen LogP contribution in [0.15, 0.2) is 84.0 Å². The maximum atomic E-state index is 13.3. The Kier molecular flexibility index (Phi) is 6.70. The number of nitrogens with zero attached hydrogens (tertiary/aromatic N) is 4. The summed E-state index contributed by atoms with van der Waals surface area (Å²) in [5, 5.41) is 10.1. The Morgan fingerprint density at radius 2 is 1.68 bits per heavy atom. The molecule has 0 saturated carbocycles. The molecule has 1 atom stereocenters. The molecule has 5 nitrogen and oxygen atoms in total. The smallest absolute Gasteiger partial charge is 0.236 e. The molecule has 0 fully saturated rings. The van der Waals surface area contributed by atoms with E-state index in [-0.39, 0.29) is 11.2 Å². The molecule has 34 heavy (non-hydrogen) atoms. The number of hydrogen-bond donors (Lipinski definition) is 0. The number of thioether (sulfide) groups is 1. The lowest BCUT2D eigenvalue weighted by Crippen LogP contribution is -2.40. The van der Waals surface area contributed by atoms with E-state index < -0.39 is 0 Å². The van der Waals surface area contributed by atoms with Gasteiger partial charge in [-0.25, -0.2) is 0 Å². The number of benzene rings is 3. The van der Waals surface area contributed by atoms with Crippen LogP contribution in [0.3, 0.4) is 0 Å². The second kappa shape index (κ2) is 10.0. The average Bonchev–Trinajstić information content (AvgIpc) is 3.26. The van der Waals surface area contributed by atoms with Gasteiger partial charge < -0.3 is 4.90 Å². The van der Waals surface area contributed by atoms with E-state index in [1.54, 1.807) is 0 Å². The van der Waals surface area contributed by atoms with Gasteiger partial charge in [0.1, 0.15) is 5.82 Å². The molecule has 7 heteroatoms. The minimum absolute atomic E-state index is 0.120. The summed E-state index contributed by atoms with van der Waals surface area (Å²) in [4.78, 5) is 15.3. The van der Waals surface area contributed by atoms with Gasteiger partial charge in [0.15, 0.2) is 5.16 Å². The number of hydrogen-bond acceptors (Lipinski definition) is 4. The average molecular weight is 489 g/mol. The molecule has 3 aromatic carbocycles. The number of rotatable bonds is 6. The molecule has 5 rings (SSSR count). The van der Waals surface area contributed by atoms with Crippen LogP contribution in [0.2, 0.25) is 5.02 Å². The van der Waals surface area contributed by atoms with Crippen molar-refractivity contribution in [2.24, 2.45) is 0 Å². The molecule has 1 unspecified atom stereocenters. The zero-order chi connectivity index (χ0) is 23.5. The summed E-state index contributed by atoms with van der Waals surface area (Å²) in [5.41, 5.74) is 4.64. The molecular weight excluding hydrogens is 464 g/mol. The lowest BCUT2D eigenvalue weighted by molar-refractivity contribution is -0.131. The fourth-order valence-corrected chi connectivity index (χ4v) is 5.36. The molecule has 0 aliphatic carbocycles. The van der Waals surface area contributed by atoms with Crippen molar-refractivity contribution in [3.8, 4) is 5.69 Å². The molecule has 4 aromatic rings. The number of carbonyl (C=O) groups is 1. The summed E-state index contributed by atoms with van der Waals surface area (Å²) >= 11 is 7.58. The van der Waals surface area contributed by atoms with Gasteiger partial charge in [-0.05, 0) is 54.3 Å². The van der Waals surface area contributed by atoms with E-state index in [1.165, 1.54) is 22.9 Å². The van der Waals surface area contributed by atoms with Crippen molar-refractivity contribution in [2.45, 2.75) is 36.7 Å². The summed E-state index contributed by atoms with van der Waals surface area (Å²) in [7, 11) is 0. The molecule has 0 N–H and O–H groups in total. The first-order chi connectivity index (χ1) is 16.6. The first-order valence-corrected chi connectivity index (χ1v) is 12.6. The Hall–Kier alpha value is -3.09. The zero-order valence-electron chi connectivity index (χ0n) is 18.9. The van der Waals surface area contributed by atoms with Gasteiger partial charge in [-0.2, -0.15) is 0 Å². The van der Waals surface area contributed by atoms with Crippen LogP contribution in [0.25, 0.3) is 5.69 Å². The SMILES string of the molecule is CC(Sc1nnc(Cc2ccccc2)n1-c1ccc(Cl)cc1)C(=O)N1CCc2ccccc2C1. The van der Waals surface area contributed by atoms with Crippen LogP contribution >= 0.6 is 23.4 Å². The van der Waals surface area contributed by atoms with Crippen molar-refractivity contribution in [2.75, 3.05) is 6.54 Å². The van der Waals surface area contributed by atoms with Gasteiger partial charge in [0.25, 0.3) is 0 Å². The number of carbonyl (C=O) groups excluding carboxylic acids is 1. The number of halogens is 1. The highest BCUT2D eigenvalue weighted by Crippen LogP contribution is 2.29. The van der Waals surface area contributed by atoms with Crippen molar-refractivity contribution in [1.29, 1.82) is 0 Å². The Bertz CT molecular complexity index is 1290. The Labute approximate surface area is 208 Å². The third-order valence-corrected chi connectivity index (χ3v) is 7.34. The molecule has 2 heterocycles. The Balaban J connectivity index is 1.39. The minimum Gasteiger partial charge on any atom is -0.337 e. The van der Waals surface area contributed by atoms with Crippen molar-refractivity contribution in [1.82, 2.24) is 19.7 Å². The highest BCUT2D eigenvalue weighted by molar-refractivity contribution is 8.00. The lowest BCUT2D eigenvalue weighted by atomic mass is 10.00. The normalized spacial score (nSPS) is 14.0. The van der Waals surface area contributed by atoms with Crippen LogP contribution in [-0.4, -0.2) is 37.4 Å². The van der Waals surface area contributed by atoms with Gasteiger partial charge in [0.2, 0.25) is 5.91 Å². The molecule has 0 saturated heterocycles. The monoisotopic (exact) mass is 488 g/mol. The van der Waals surface area contributed by atoms with Crippen LogP contribution in [0.1, 0.15) is 29.4 Å². The lowest BCUT2D eigenvalue weighted by Gasteiger charge is -2.30. The van der Waals surface area contributed by atoms with Gasteiger partial charge in [-0.3, -0.25) is 9.36 Å². The summed E-state index contributed by atoms with van der Waals surface area (Å²) < 4.78 is 2.03. The molecule has 1 aliphatic rings. The molecule has 1 amide bonds. The highest BCUT2D eigenvalue weighted by atomic mass is 35.5. The van der Waals surface area contributed by atoms with Crippen molar-refractivity contribution < 1.29 is 4.79 Å². The standard InChI is InChI=1S/C27H25ClN4OS/c1-19(26(33)31-16-15-21-9-5-6-10-22(21)18-31)34-27-30-29-25(17-20-7-3-2-4-8-20)32(27)24-13-11-23(28)12-14-24/h2-14,19H,15-18H2,1H3. The number of amides is 1. The molecule has 0 spiro atoms. The van der Waals surface area contributed by atoms with E-state index >= 15 is 0 Å². The van der Waals surface area contributed by atoms with E-state index in [2.05, 4.69) is 40.5 Å². The van der Waals surface area contributed by atoms with Gasteiger partial charge in [0.05, 0.1) is 5.25 Å². The van der Waals surface area contributed by atoms with E-state index in [9.17, 15) is 4.79 Å². The van der Waals surface area contributed by atoms with Gasteiger partial charge in [-0.1, -0.05) is 78.0 Å². The minimum atomic E-state index is -0.287. The second-order valence-corrected chi connectivity index (χ2v) is 10.2.